The van der Waals surface area contributed by atoms with Gasteiger partial charge in [-0.05, 0) is 26.0 Å². The molecule has 4 aromatic rings. The van der Waals surface area contributed by atoms with E-state index < -0.39 is 68.0 Å². The predicted molar refractivity (Wildman–Crippen MR) is 160 cm³/mol. The maximum atomic E-state index is 14.0. The third-order valence-electron chi connectivity index (χ3n) is 7.30. The van der Waals surface area contributed by atoms with Crippen LogP contribution >= 0.6 is 23.2 Å². The summed E-state index contributed by atoms with van der Waals surface area (Å²) in [6, 6.07) is 6.02. The second-order valence-corrected chi connectivity index (χ2v) is 11.0. The number of nitro groups is 2. The maximum absolute atomic E-state index is 14.0. The van der Waals surface area contributed by atoms with Crippen molar-refractivity contribution >= 4 is 58.1 Å². The molecule has 4 rings (SSSR count). The summed E-state index contributed by atoms with van der Waals surface area (Å²) in [5.41, 5.74) is -5.87. The number of benzene rings is 2. The zero-order chi connectivity index (χ0) is 34.4. The number of halogens is 2. The molecule has 0 spiro atoms. The summed E-state index contributed by atoms with van der Waals surface area (Å²) in [7, 11) is 2.54. The van der Waals surface area contributed by atoms with Crippen LogP contribution in [0.15, 0.2) is 36.4 Å². The van der Waals surface area contributed by atoms with Crippen molar-refractivity contribution in [3.8, 4) is 0 Å². The van der Waals surface area contributed by atoms with Crippen LogP contribution in [0.25, 0.3) is 0 Å². The number of carboxylic acid groups (broad SMARTS) is 2. The molecule has 0 saturated carbocycles. The molecule has 0 aliphatic carbocycles. The van der Waals surface area contributed by atoms with Gasteiger partial charge < -0.3 is 10.2 Å². The molecule has 2 aromatic heterocycles. The lowest BCUT2D eigenvalue weighted by Crippen LogP contribution is -2.45. The second kappa shape index (κ2) is 12.1. The van der Waals surface area contributed by atoms with Crippen molar-refractivity contribution in [1.82, 2.24) is 19.6 Å². The number of carbonyl (C=O) groups excluding carboxylic acids is 2. The molecular formula is C28H22Cl2N6O10. The molecule has 0 bridgehead atoms. The fourth-order valence-electron chi connectivity index (χ4n) is 5.50. The number of nitro benzene ring substituents is 2. The van der Waals surface area contributed by atoms with Crippen molar-refractivity contribution in [2.45, 2.75) is 25.7 Å². The monoisotopic (exact) mass is 672 g/mol. The van der Waals surface area contributed by atoms with Crippen LogP contribution in [0.2, 0.25) is 10.0 Å². The number of aromatic nitrogens is 4. The fraction of sp³-hybridized carbons (Fsp3) is 0.214. The molecule has 0 unspecified atom stereocenters. The number of carboxylic acids is 2. The second-order valence-electron chi connectivity index (χ2n) is 10.1. The molecule has 46 heavy (non-hydrogen) atoms. The van der Waals surface area contributed by atoms with E-state index in [1.165, 1.54) is 27.9 Å². The van der Waals surface area contributed by atoms with Crippen LogP contribution in [-0.4, -0.2) is 63.1 Å². The van der Waals surface area contributed by atoms with Gasteiger partial charge in [0, 0.05) is 49.5 Å². The minimum Gasteiger partial charge on any atom is -0.481 e. The molecule has 238 valence electrons. The maximum Gasteiger partial charge on any atom is 0.322 e. The Kier molecular flexibility index (Phi) is 8.81. The summed E-state index contributed by atoms with van der Waals surface area (Å²) in [6.07, 6.45) is -1.22. The van der Waals surface area contributed by atoms with Gasteiger partial charge in [0.25, 0.3) is 11.4 Å². The van der Waals surface area contributed by atoms with E-state index in [1.807, 2.05) is 0 Å². The van der Waals surface area contributed by atoms with E-state index in [2.05, 4.69) is 10.2 Å². The minimum atomic E-state index is -2.73. The van der Waals surface area contributed by atoms with Crippen LogP contribution in [0, 0.1) is 34.1 Å². The van der Waals surface area contributed by atoms with Crippen LogP contribution in [0.3, 0.4) is 0 Å². The van der Waals surface area contributed by atoms with E-state index in [4.69, 9.17) is 23.2 Å². The number of aryl methyl sites for hydroxylation is 4. The summed E-state index contributed by atoms with van der Waals surface area (Å²) in [4.78, 5) is 75.0. The predicted octanol–water partition coefficient (Wildman–Crippen LogP) is 4.20. The average molecular weight is 673 g/mol. The van der Waals surface area contributed by atoms with Crippen molar-refractivity contribution in [3.05, 3.63) is 112 Å². The van der Waals surface area contributed by atoms with Gasteiger partial charge in [-0.3, -0.25) is 48.8 Å². The molecule has 0 aliphatic heterocycles. The number of nitrogens with zero attached hydrogens (tertiary/aromatic N) is 6. The number of ketones is 2. The molecule has 2 N–H and O–H groups in total. The Labute approximate surface area is 268 Å². The molecule has 2 aromatic carbocycles. The zero-order valence-corrected chi connectivity index (χ0v) is 25.8. The van der Waals surface area contributed by atoms with Crippen molar-refractivity contribution in [1.29, 1.82) is 0 Å². The smallest absolute Gasteiger partial charge is 0.322 e. The number of non-ortho nitro benzene ring substituents is 2. The lowest BCUT2D eigenvalue weighted by molar-refractivity contribution is -0.385. The highest BCUT2D eigenvalue weighted by Crippen LogP contribution is 2.43. The van der Waals surface area contributed by atoms with Gasteiger partial charge in [-0.25, -0.2) is 0 Å². The van der Waals surface area contributed by atoms with Gasteiger partial charge in [-0.1, -0.05) is 23.2 Å². The third-order valence-corrected chi connectivity index (χ3v) is 7.93. The summed E-state index contributed by atoms with van der Waals surface area (Å²) >= 11 is 12.5. The van der Waals surface area contributed by atoms with Crippen molar-refractivity contribution in [3.63, 3.8) is 0 Å². The van der Waals surface area contributed by atoms with Crippen molar-refractivity contribution in [2.75, 3.05) is 0 Å². The molecule has 16 nitrogen and oxygen atoms in total. The van der Waals surface area contributed by atoms with E-state index in [0.717, 1.165) is 45.8 Å². The summed E-state index contributed by atoms with van der Waals surface area (Å²) < 4.78 is 1.99. The Morgan fingerprint density at radius 2 is 1.15 bits per heavy atom. The molecule has 0 saturated heterocycles. The quantitative estimate of drug-likeness (QED) is 0.130. The number of aliphatic carboxylic acids is 2. The molecule has 0 fully saturated rings. The van der Waals surface area contributed by atoms with Gasteiger partial charge in [0.05, 0.1) is 60.2 Å². The Balaban J connectivity index is 2.09. The first kappa shape index (κ1) is 33.4. The molecule has 18 heteroatoms. The van der Waals surface area contributed by atoms with E-state index in [9.17, 15) is 49.6 Å². The number of hydrogen-bond acceptors (Lipinski definition) is 10. The highest BCUT2D eigenvalue weighted by Gasteiger charge is 2.54. The summed E-state index contributed by atoms with van der Waals surface area (Å²) in [5, 5.41) is 51.2. The van der Waals surface area contributed by atoms with Crippen LogP contribution in [0.1, 0.15) is 61.0 Å². The van der Waals surface area contributed by atoms with E-state index in [1.54, 1.807) is 0 Å². The number of carbonyl (C=O) groups is 4. The molecular weight excluding hydrogens is 651 g/mol. The molecule has 0 radical (unpaired) electrons. The van der Waals surface area contributed by atoms with Crippen LogP contribution < -0.4 is 0 Å². The minimum absolute atomic E-state index is 0.0434. The van der Waals surface area contributed by atoms with Crippen LogP contribution in [0.5, 0.6) is 0 Å². The highest BCUT2D eigenvalue weighted by atomic mass is 35.5. The average Bonchev–Trinajstić information content (AvgIpc) is 3.43. The van der Waals surface area contributed by atoms with Gasteiger partial charge in [0.1, 0.15) is 0 Å². The first-order valence-electron chi connectivity index (χ1n) is 12.9. The SMILES string of the molecule is Cc1nn(C)c(C(CC(=O)O)(C(=O)O)c2c(C(=O)c3ccc([N+](=O)[O-])cc3Cl)c(C)nn2C)c1C(=O)c1ccc([N+](=O)[O-])cc1Cl. The first-order chi connectivity index (χ1) is 21.4. The van der Waals surface area contributed by atoms with Gasteiger partial charge in [0.15, 0.2) is 17.0 Å². The van der Waals surface area contributed by atoms with E-state index in [-0.39, 0.29) is 43.7 Å². The number of rotatable bonds is 11. The fourth-order valence-corrected chi connectivity index (χ4v) is 6.02. The van der Waals surface area contributed by atoms with Gasteiger partial charge in [-0.15, -0.1) is 0 Å². The zero-order valence-electron chi connectivity index (χ0n) is 24.3. The van der Waals surface area contributed by atoms with Gasteiger partial charge in [0.2, 0.25) is 0 Å². The summed E-state index contributed by atoms with van der Waals surface area (Å²) in [5.74, 6) is -5.30. The Morgan fingerprint density at radius 3 is 1.43 bits per heavy atom. The third kappa shape index (κ3) is 5.48. The van der Waals surface area contributed by atoms with Crippen LogP contribution in [0.4, 0.5) is 11.4 Å². The Bertz CT molecular complexity index is 1890. The summed E-state index contributed by atoms with van der Waals surface area (Å²) in [6.45, 7) is 2.72. The largest absolute Gasteiger partial charge is 0.481 e. The first-order valence-corrected chi connectivity index (χ1v) is 13.7. The topological polar surface area (TPSA) is 231 Å². The lowest BCUT2D eigenvalue weighted by Gasteiger charge is -2.30. The van der Waals surface area contributed by atoms with E-state index >= 15 is 0 Å². The van der Waals surface area contributed by atoms with Gasteiger partial charge >= 0.3 is 11.9 Å². The Hall–Kier alpha value is -5.48. The standard InChI is InChI=1S/C28H22Cl2N6O10/c1-12-21(23(39)16-7-5-14(35(43)44)9-18(16)29)25(33(3)31-12)28(27(41)42,11-20(37)38)26-22(13(2)32-34(26)4)24(40)17-8-6-15(36(45)46)10-19(17)30/h5-10H,11H2,1-4H3,(H,37,38)(H,41,42). The van der Waals surface area contributed by atoms with Gasteiger partial charge in [-0.2, -0.15) is 10.2 Å². The Morgan fingerprint density at radius 1 is 0.783 bits per heavy atom. The lowest BCUT2D eigenvalue weighted by atomic mass is 9.72. The van der Waals surface area contributed by atoms with E-state index in [0.29, 0.717) is 0 Å². The van der Waals surface area contributed by atoms with Crippen molar-refractivity contribution < 1.29 is 39.2 Å². The van der Waals surface area contributed by atoms with Crippen LogP contribution in [-0.2, 0) is 29.1 Å². The number of hydrogen-bond donors (Lipinski definition) is 2. The molecule has 0 aliphatic rings. The normalized spacial score (nSPS) is 11.3. The molecule has 0 atom stereocenters. The molecule has 2 heterocycles. The molecule has 0 amide bonds. The van der Waals surface area contributed by atoms with Crippen molar-refractivity contribution in [2.24, 2.45) is 14.1 Å². The highest BCUT2D eigenvalue weighted by molar-refractivity contribution is 6.36.